The van der Waals surface area contributed by atoms with Crippen molar-refractivity contribution in [3.05, 3.63) is 59.7 Å². The lowest BCUT2D eigenvalue weighted by molar-refractivity contribution is -0.123. The number of nitrogens with zero attached hydrogens (tertiary/aromatic N) is 2. The Morgan fingerprint density at radius 3 is 2.32 bits per heavy atom. The molecule has 1 saturated heterocycles. The summed E-state index contributed by atoms with van der Waals surface area (Å²) in [6.45, 7) is 3.27. The Labute approximate surface area is 200 Å². The number of likely N-dealkylation sites (N-methyl/N-ethyl adjacent to an activating group) is 1. The lowest BCUT2D eigenvalue weighted by Gasteiger charge is -2.31. The molecular weight excluding hydrogens is 456 g/mol. The second kappa shape index (κ2) is 10.9. The fourth-order valence-corrected chi connectivity index (χ4v) is 5.04. The number of nitrogens with one attached hydrogen (secondary N) is 1. The van der Waals surface area contributed by atoms with Crippen molar-refractivity contribution in [2.24, 2.45) is 11.7 Å². The van der Waals surface area contributed by atoms with Crippen molar-refractivity contribution < 1.29 is 22.8 Å². The number of piperidine rings is 1. The molecule has 1 atom stereocenters. The van der Waals surface area contributed by atoms with E-state index in [9.17, 15) is 22.8 Å². The number of hydrogen-bond acceptors (Lipinski definition) is 6. The highest BCUT2D eigenvalue weighted by molar-refractivity contribution is 7.89. The normalized spacial score (nSPS) is 16.9. The second-order valence-corrected chi connectivity index (χ2v) is 10.6. The Balaban J connectivity index is 1.55. The number of rotatable bonds is 9. The van der Waals surface area contributed by atoms with E-state index in [1.807, 2.05) is 12.1 Å². The minimum absolute atomic E-state index is 0.00782. The van der Waals surface area contributed by atoms with Crippen LogP contribution in [0.15, 0.2) is 53.4 Å². The van der Waals surface area contributed by atoms with Gasteiger partial charge in [0.1, 0.15) is 0 Å². The zero-order chi connectivity index (χ0) is 24.9. The van der Waals surface area contributed by atoms with Gasteiger partial charge in [-0.2, -0.15) is 4.31 Å². The van der Waals surface area contributed by atoms with Gasteiger partial charge in [-0.3, -0.25) is 19.3 Å². The molecule has 3 rings (SSSR count). The summed E-state index contributed by atoms with van der Waals surface area (Å²) in [5.41, 5.74) is 7.45. The highest BCUT2D eigenvalue weighted by Crippen LogP contribution is 2.20. The highest BCUT2D eigenvalue weighted by Gasteiger charge is 2.24. The van der Waals surface area contributed by atoms with Gasteiger partial charge in [-0.1, -0.05) is 24.3 Å². The molecule has 0 aliphatic carbocycles. The van der Waals surface area contributed by atoms with Crippen LogP contribution in [-0.2, 0) is 26.2 Å². The average molecular weight is 487 g/mol. The SMILES string of the molecule is CC(=O)c1ccc(S(=O)(=O)N(C)CC(=O)Nc2ccc(CN3CCCC(C(N)=O)C3)cc2)cc1. The van der Waals surface area contributed by atoms with E-state index < -0.39 is 15.9 Å². The van der Waals surface area contributed by atoms with Crippen molar-refractivity contribution >= 4 is 33.3 Å². The number of primary amides is 1. The lowest BCUT2D eigenvalue weighted by atomic mass is 9.97. The summed E-state index contributed by atoms with van der Waals surface area (Å²) in [5, 5.41) is 2.71. The molecule has 0 spiro atoms. The highest BCUT2D eigenvalue weighted by atomic mass is 32.2. The standard InChI is InChI=1S/C24H30N4O5S/c1-17(29)19-7-11-22(12-8-19)34(32,33)27(2)16-23(30)26-21-9-5-18(6-10-21)14-28-13-3-4-20(15-28)24(25)31/h5-12,20H,3-4,13-16H2,1-2H3,(H2,25,31)(H,26,30). The monoisotopic (exact) mass is 486 g/mol. The molecule has 1 heterocycles. The molecule has 182 valence electrons. The van der Waals surface area contributed by atoms with Crippen molar-refractivity contribution in [1.82, 2.24) is 9.21 Å². The predicted molar refractivity (Wildman–Crippen MR) is 129 cm³/mol. The Hall–Kier alpha value is -3.08. The molecule has 0 aromatic heterocycles. The molecule has 2 aromatic rings. The summed E-state index contributed by atoms with van der Waals surface area (Å²) < 4.78 is 26.4. The van der Waals surface area contributed by atoms with Crippen LogP contribution in [0, 0.1) is 5.92 Å². The molecule has 1 unspecified atom stereocenters. The van der Waals surface area contributed by atoms with Crippen LogP contribution < -0.4 is 11.1 Å². The molecule has 34 heavy (non-hydrogen) atoms. The summed E-state index contributed by atoms with van der Waals surface area (Å²) in [5.74, 6) is -1.01. The fraction of sp³-hybridized carbons (Fsp3) is 0.375. The molecule has 1 aliphatic heterocycles. The van der Waals surface area contributed by atoms with E-state index in [1.165, 1.54) is 38.2 Å². The van der Waals surface area contributed by atoms with Crippen LogP contribution in [0.5, 0.6) is 0 Å². The van der Waals surface area contributed by atoms with Crippen LogP contribution in [0.4, 0.5) is 5.69 Å². The smallest absolute Gasteiger partial charge is 0.243 e. The van der Waals surface area contributed by atoms with Crippen LogP contribution in [0.25, 0.3) is 0 Å². The number of carbonyl (C=O) groups is 3. The molecule has 3 N–H and O–H groups in total. The summed E-state index contributed by atoms with van der Waals surface area (Å²) in [7, 11) is -2.55. The number of carbonyl (C=O) groups excluding carboxylic acids is 3. The second-order valence-electron chi connectivity index (χ2n) is 8.56. The minimum Gasteiger partial charge on any atom is -0.369 e. The van der Waals surface area contributed by atoms with Gasteiger partial charge in [0.05, 0.1) is 17.4 Å². The van der Waals surface area contributed by atoms with Gasteiger partial charge in [-0.15, -0.1) is 0 Å². The number of likely N-dealkylation sites (tertiary alicyclic amines) is 1. The number of ketones is 1. The first-order chi connectivity index (χ1) is 16.1. The lowest BCUT2D eigenvalue weighted by Crippen LogP contribution is -2.40. The van der Waals surface area contributed by atoms with Gasteiger partial charge in [0, 0.05) is 31.4 Å². The van der Waals surface area contributed by atoms with E-state index in [1.54, 1.807) is 12.1 Å². The zero-order valence-electron chi connectivity index (χ0n) is 19.4. The number of benzene rings is 2. The van der Waals surface area contributed by atoms with Crippen molar-refractivity contribution in [3.8, 4) is 0 Å². The molecule has 2 amide bonds. The number of amides is 2. The first kappa shape index (κ1) is 25.5. The van der Waals surface area contributed by atoms with Gasteiger partial charge in [0.25, 0.3) is 0 Å². The molecule has 9 nitrogen and oxygen atoms in total. The van der Waals surface area contributed by atoms with Crippen molar-refractivity contribution in [3.63, 3.8) is 0 Å². The maximum Gasteiger partial charge on any atom is 0.243 e. The Morgan fingerprint density at radius 1 is 1.09 bits per heavy atom. The van der Waals surface area contributed by atoms with Crippen LogP contribution in [0.1, 0.15) is 35.7 Å². The Bertz CT molecular complexity index is 1150. The summed E-state index contributed by atoms with van der Waals surface area (Å²) >= 11 is 0. The van der Waals surface area contributed by atoms with E-state index in [2.05, 4.69) is 10.2 Å². The minimum atomic E-state index is -3.88. The van der Waals surface area contributed by atoms with E-state index in [0.29, 0.717) is 24.3 Å². The molecular formula is C24H30N4O5S. The van der Waals surface area contributed by atoms with Crippen LogP contribution >= 0.6 is 0 Å². The third kappa shape index (κ3) is 6.49. The number of Topliss-reactive ketones (excluding diaryl/α,β-unsaturated/α-hetero) is 1. The number of sulfonamides is 1. The number of anilines is 1. The van der Waals surface area contributed by atoms with Gasteiger partial charge in [0.2, 0.25) is 21.8 Å². The first-order valence-corrected chi connectivity index (χ1v) is 12.5. The van der Waals surface area contributed by atoms with Gasteiger partial charge in [-0.25, -0.2) is 8.42 Å². The topological polar surface area (TPSA) is 130 Å². The third-order valence-corrected chi connectivity index (χ3v) is 7.70. The first-order valence-electron chi connectivity index (χ1n) is 11.0. The molecule has 2 aromatic carbocycles. The quantitative estimate of drug-likeness (QED) is 0.520. The largest absolute Gasteiger partial charge is 0.369 e. The van der Waals surface area contributed by atoms with E-state index >= 15 is 0 Å². The molecule has 10 heteroatoms. The molecule has 0 saturated carbocycles. The van der Waals surface area contributed by atoms with Crippen molar-refractivity contribution in [2.45, 2.75) is 31.2 Å². The Kier molecular flexibility index (Phi) is 8.19. The fourth-order valence-electron chi connectivity index (χ4n) is 3.91. The zero-order valence-corrected chi connectivity index (χ0v) is 20.2. The maximum absolute atomic E-state index is 12.7. The van der Waals surface area contributed by atoms with Gasteiger partial charge in [0.15, 0.2) is 5.78 Å². The predicted octanol–water partition coefficient (Wildman–Crippen LogP) is 1.85. The van der Waals surface area contributed by atoms with E-state index in [0.717, 1.165) is 29.3 Å². The summed E-state index contributed by atoms with van der Waals surface area (Å²) in [6.07, 6.45) is 1.75. The van der Waals surface area contributed by atoms with Gasteiger partial charge < -0.3 is 11.1 Å². The van der Waals surface area contributed by atoms with E-state index in [-0.39, 0.29) is 29.0 Å². The number of nitrogens with two attached hydrogens (primary N) is 1. The van der Waals surface area contributed by atoms with Crippen LogP contribution in [-0.4, -0.2) is 61.9 Å². The third-order valence-electron chi connectivity index (χ3n) is 5.89. The molecule has 0 radical (unpaired) electrons. The van der Waals surface area contributed by atoms with Gasteiger partial charge >= 0.3 is 0 Å². The van der Waals surface area contributed by atoms with Crippen molar-refractivity contribution in [1.29, 1.82) is 0 Å². The number of hydrogen-bond donors (Lipinski definition) is 2. The molecule has 0 bridgehead atoms. The molecule has 1 fully saturated rings. The maximum atomic E-state index is 12.7. The molecule has 1 aliphatic rings. The van der Waals surface area contributed by atoms with Crippen LogP contribution in [0.3, 0.4) is 0 Å². The van der Waals surface area contributed by atoms with Crippen molar-refractivity contribution in [2.75, 3.05) is 32.0 Å². The summed E-state index contributed by atoms with van der Waals surface area (Å²) in [6, 6.07) is 12.9. The van der Waals surface area contributed by atoms with Crippen LogP contribution in [0.2, 0.25) is 0 Å². The van der Waals surface area contributed by atoms with E-state index in [4.69, 9.17) is 5.73 Å². The van der Waals surface area contributed by atoms with Gasteiger partial charge in [-0.05, 0) is 56.1 Å². The average Bonchev–Trinajstić information content (AvgIpc) is 2.80. The summed E-state index contributed by atoms with van der Waals surface area (Å²) in [4.78, 5) is 37.5. The Morgan fingerprint density at radius 2 is 1.74 bits per heavy atom.